The molecule has 0 heterocycles. The van der Waals surface area contributed by atoms with Crippen LogP contribution in [-0.4, -0.2) is 45.0 Å². The molecule has 0 unspecified atom stereocenters. The quantitative estimate of drug-likeness (QED) is 0.468. The fraction of sp³-hybridized carbons (Fsp3) is 0.769. The molecule has 5 aliphatic rings. The normalized spacial score (nSPS) is 43.5. The number of carbonyl (C=O) groups is 4. The number of allylic oxidation sites excluding steroid dienone is 2. The van der Waals surface area contributed by atoms with E-state index < -0.39 is 40.5 Å². The molecule has 0 aromatic rings. The van der Waals surface area contributed by atoms with E-state index in [1.54, 1.807) is 0 Å². The smallest absolute Gasteiger partial charge is 0.311 e. The lowest BCUT2D eigenvalue weighted by Crippen LogP contribution is -2.66. The number of fused-ring (bicyclic) bond motifs is 2. The zero-order chi connectivity index (χ0) is 24.3. The molecule has 7 heteroatoms. The van der Waals surface area contributed by atoms with Gasteiger partial charge in [-0.1, -0.05) is 19.4 Å². The van der Waals surface area contributed by atoms with Crippen molar-refractivity contribution in [2.75, 3.05) is 21.3 Å². The molecule has 0 aromatic carbocycles. The first kappa shape index (κ1) is 24.0. The highest BCUT2D eigenvalue weighted by Gasteiger charge is 2.71. The number of ketones is 1. The van der Waals surface area contributed by atoms with Crippen LogP contribution in [-0.2, 0) is 33.4 Å². The Balaban J connectivity index is 1.90. The van der Waals surface area contributed by atoms with Gasteiger partial charge in [-0.2, -0.15) is 0 Å². The van der Waals surface area contributed by atoms with E-state index in [4.69, 9.17) is 14.2 Å². The summed E-state index contributed by atoms with van der Waals surface area (Å²) in [6, 6.07) is 0. The average Bonchev–Trinajstić information content (AvgIpc) is 2.80. The molecular formula is C26H36O7. The third-order valence-corrected chi connectivity index (χ3v) is 9.96. The first-order valence-corrected chi connectivity index (χ1v) is 12.0. The molecule has 3 saturated carbocycles. The molecule has 0 amide bonds. The molecule has 0 aromatic heterocycles. The van der Waals surface area contributed by atoms with Gasteiger partial charge in [0, 0.05) is 11.3 Å². The highest BCUT2D eigenvalue weighted by molar-refractivity contribution is 5.97. The summed E-state index contributed by atoms with van der Waals surface area (Å²) < 4.78 is 15.6. The minimum Gasteiger partial charge on any atom is -0.469 e. The Bertz CT molecular complexity index is 922. The summed E-state index contributed by atoms with van der Waals surface area (Å²) in [6.45, 7) is 5.79. The molecule has 2 bridgehead atoms. The molecule has 1 spiro atoms. The van der Waals surface area contributed by atoms with Crippen LogP contribution in [0.25, 0.3) is 0 Å². The number of methoxy groups -OCH3 is 3. The van der Waals surface area contributed by atoms with Crippen molar-refractivity contribution in [2.45, 2.75) is 59.3 Å². The Morgan fingerprint density at radius 1 is 0.909 bits per heavy atom. The fourth-order valence-electron chi connectivity index (χ4n) is 8.74. The number of Topliss-reactive ketones (excluding diaryl/α,β-unsaturated/α-hetero) is 1. The van der Waals surface area contributed by atoms with Crippen molar-refractivity contribution < 1.29 is 33.4 Å². The molecule has 0 N–H and O–H groups in total. The highest BCUT2D eigenvalue weighted by atomic mass is 16.5. The summed E-state index contributed by atoms with van der Waals surface area (Å²) in [5, 5.41) is 0. The predicted octanol–water partition coefficient (Wildman–Crippen LogP) is 3.50. The van der Waals surface area contributed by atoms with Gasteiger partial charge in [-0.3, -0.25) is 19.2 Å². The van der Waals surface area contributed by atoms with Crippen LogP contribution in [0.4, 0.5) is 0 Å². The largest absolute Gasteiger partial charge is 0.469 e. The Labute approximate surface area is 195 Å². The fourth-order valence-corrected chi connectivity index (χ4v) is 8.74. The molecule has 8 atom stereocenters. The molecule has 5 aliphatic carbocycles. The van der Waals surface area contributed by atoms with E-state index in [0.29, 0.717) is 24.8 Å². The second-order valence-electron chi connectivity index (χ2n) is 11.1. The zero-order valence-corrected chi connectivity index (χ0v) is 20.6. The van der Waals surface area contributed by atoms with Crippen molar-refractivity contribution in [2.24, 2.45) is 45.8 Å². The van der Waals surface area contributed by atoms with E-state index in [1.807, 2.05) is 13.0 Å². The van der Waals surface area contributed by atoms with Gasteiger partial charge in [0.1, 0.15) is 0 Å². The van der Waals surface area contributed by atoms with E-state index in [2.05, 4.69) is 6.92 Å². The number of hydrogen-bond acceptors (Lipinski definition) is 7. The van der Waals surface area contributed by atoms with Crippen LogP contribution in [0.1, 0.15) is 59.3 Å². The van der Waals surface area contributed by atoms with Crippen molar-refractivity contribution in [3.63, 3.8) is 0 Å². The Hall–Kier alpha value is -2.18. The number of carbonyl (C=O) groups excluding carboxylic acids is 4. The van der Waals surface area contributed by atoms with E-state index in [1.165, 1.54) is 28.3 Å². The molecule has 33 heavy (non-hydrogen) atoms. The van der Waals surface area contributed by atoms with Gasteiger partial charge in [0.05, 0.1) is 38.6 Å². The minimum atomic E-state index is -0.738. The lowest BCUT2D eigenvalue weighted by molar-refractivity contribution is -0.209. The summed E-state index contributed by atoms with van der Waals surface area (Å²) in [5.74, 6) is -2.81. The zero-order valence-electron chi connectivity index (χ0n) is 20.6. The standard InChI is InChI=1S/C26H36O7/c1-14(27)16-13-26-11-8-17-24(2,9-7-10-25(17,3)23(30)33-6)18(26)12-15(16)19(21(28)31-4)20(26)22(29)32-5/h13,15,17-20H,7-12H2,1-6H3/t15-,17+,18-,19-,20+,24-,25+,26-/m0/s1. The Morgan fingerprint density at radius 3 is 2.15 bits per heavy atom. The highest BCUT2D eigenvalue weighted by Crippen LogP contribution is 2.73. The minimum absolute atomic E-state index is 0.0473. The molecule has 0 aliphatic heterocycles. The van der Waals surface area contributed by atoms with E-state index >= 15 is 0 Å². The molecule has 3 fully saturated rings. The van der Waals surface area contributed by atoms with Gasteiger partial charge in [-0.15, -0.1) is 0 Å². The molecular weight excluding hydrogens is 424 g/mol. The maximum atomic E-state index is 13.2. The molecule has 0 radical (unpaired) electrons. The number of hydrogen-bond donors (Lipinski definition) is 0. The van der Waals surface area contributed by atoms with Gasteiger partial charge in [0.2, 0.25) is 0 Å². The van der Waals surface area contributed by atoms with Gasteiger partial charge >= 0.3 is 17.9 Å². The van der Waals surface area contributed by atoms with Gasteiger partial charge in [-0.25, -0.2) is 0 Å². The Kier molecular flexibility index (Phi) is 5.77. The third kappa shape index (κ3) is 3.06. The van der Waals surface area contributed by atoms with Crippen LogP contribution in [0.15, 0.2) is 11.6 Å². The van der Waals surface area contributed by atoms with Crippen molar-refractivity contribution in [1.29, 1.82) is 0 Å². The number of ether oxygens (including phenoxy) is 3. The monoisotopic (exact) mass is 460 g/mol. The molecule has 182 valence electrons. The van der Waals surface area contributed by atoms with E-state index in [0.717, 1.165) is 19.3 Å². The second kappa shape index (κ2) is 7.95. The van der Waals surface area contributed by atoms with Gasteiger partial charge in [0.15, 0.2) is 5.78 Å². The van der Waals surface area contributed by atoms with Crippen molar-refractivity contribution >= 4 is 23.7 Å². The number of rotatable bonds is 4. The van der Waals surface area contributed by atoms with Crippen LogP contribution in [0.3, 0.4) is 0 Å². The van der Waals surface area contributed by atoms with Crippen LogP contribution in [0, 0.1) is 45.8 Å². The van der Waals surface area contributed by atoms with Crippen LogP contribution in [0.5, 0.6) is 0 Å². The summed E-state index contributed by atoms with van der Waals surface area (Å²) in [5.41, 5.74) is -0.865. The predicted molar refractivity (Wildman–Crippen MR) is 119 cm³/mol. The summed E-state index contributed by atoms with van der Waals surface area (Å²) in [6.07, 6.45) is 6.58. The number of esters is 3. The van der Waals surface area contributed by atoms with Crippen molar-refractivity contribution in [3.05, 3.63) is 11.6 Å². The van der Waals surface area contributed by atoms with Gasteiger partial charge in [0.25, 0.3) is 0 Å². The summed E-state index contributed by atoms with van der Waals surface area (Å²) in [4.78, 5) is 51.8. The van der Waals surface area contributed by atoms with E-state index in [-0.39, 0.29) is 29.0 Å². The maximum absolute atomic E-state index is 13.2. The first-order valence-electron chi connectivity index (χ1n) is 12.0. The summed E-state index contributed by atoms with van der Waals surface area (Å²) in [7, 11) is 4.12. The SMILES string of the molecule is COC(=O)[C@H]1[C@H]2C[C@H]3[C@@]4(C)CCC[C@@](C)(C(=O)OC)[C@@H]4CC[C@@]3(C=C2C(C)=O)[C@H]1C(=O)OC. The topological polar surface area (TPSA) is 96.0 Å². The molecule has 5 rings (SSSR count). The van der Waals surface area contributed by atoms with E-state index in [9.17, 15) is 19.2 Å². The van der Waals surface area contributed by atoms with Crippen LogP contribution in [0.2, 0.25) is 0 Å². The van der Waals surface area contributed by atoms with Gasteiger partial charge in [-0.05, 0) is 68.8 Å². The van der Waals surface area contributed by atoms with Crippen molar-refractivity contribution in [1.82, 2.24) is 0 Å². The average molecular weight is 461 g/mol. The van der Waals surface area contributed by atoms with Crippen LogP contribution < -0.4 is 0 Å². The Morgan fingerprint density at radius 2 is 1.58 bits per heavy atom. The van der Waals surface area contributed by atoms with Crippen molar-refractivity contribution in [3.8, 4) is 0 Å². The van der Waals surface area contributed by atoms with Gasteiger partial charge < -0.3 is 14.2 Å². The molecule has 7 nitrogen and oxygen atoms in total. The first-order chi connectivity index (χ1) is 15.5. The summed E-state index contributed by atoms with van der Waals surface area (Å²) >= 11 is 0. The lowest BCUT2D eigenvalue weighted by atomic mass is 9.34. The third-order valence-electron chi connectivity index (χ3n) is 9.96. The maximum Gasteiger partial charge on any atom is 0.311 e. The van der Waals surface area contributed by atoms with Crippen LogP contribution >= 0.6 is 0 Å². The second-order valence-corrected chi connectivity index (χ2v) is 11.1. The molecule has 0 saturated heterocycles. The lowest BCUT2D eigenvalue weighted by Gasteiger charge is -2.68.